The molecule has 0 amide bonds. The number of nitrogens with zero attached hydrogens (tertiary/aromatic N) is 5. The number of hydrogen-bond acceptors (Lipinski definition) is 8. The Labute approximate surface area is 60.4 Å². The van der Waals surface area contributed by atoms with Crippen LogP contribution in [0, 0.1) is 11.1 Å². The van der Waals surface area contributed by atoms with Gasteiger partial charge in [0.1, 0.15) is 0 Å². The Morgan fingerprint density at radius 3 is 2.36 bits per heavy atom. The molecule has 8 nitrogen and oxygen atoms in total. The van der Waals surface area contributed by atoms with Gasteiger partial charge in [-0.15, -0.1) is 20.5 Å². The molecule has 1 aliphatic rings. The van der Waals surface area contributed by atoms with Crippen molar-refractivity contribution in [2.45, 2.75) is 5.91 Å². The van der Waals surface area contributed by atoms with E-state index in [-0.39, 0.29) is 5.84 Å². The fraction of sp³-hybridized carbons (Fsp3) is 0.333. The quantitative estimate of drug-likeness (QED) is 0.449. The Balaban J connectivity index is 3.03. The number of carbonyl (C=O) groups excluding carboxylic acids is 1. The van der Waals surface area contributed by atoms with Gasteiger partial charge in [0.05, 0.1) is 0 Å². The van der Waals surface area contributed by atoms with Crippen molar-refractivity contribution >= 4 is 12.1 Å². The third-order valence-electron chi connectivity index (χ3n) is 0.957. The molecule has 0 unspecified atom stereocenters. The fourth-order valence-electron chi connectivity index (χ4n) is 0.486. The fourth-order valence-corrected chi connectivity index (χ4v) is 0.486. The minimum atomic E-state index is -1.85. The van der Waals surface area contributed by atoms with E-state index in [1.54, 1.807) is 0 Å². The zero-order chi connectivity index (χ0) is 8.32. The molecule has 0 bridgehead atoms. The van der Waals surface area contributed by atoms with Gasteiger partial charge in [-0.05, 0) is 0 Å². The molecular weight excluding hydrogens is 150 g/mol. The Kier molecular flexibility index (Phi) is 1.58. The molecule has 8 heteroatoms. The molecule has 0 spiro atoms. The van der Waals surface area contributed by atoms with Crippen LogP contribution < -0.4 is 0 Å². The number of carbonyl (C=O) groups is 1. The highest BCUT2D eigenvalue weighted by Crippen LogP contribution is 2.21. The van der Waals surface area contributed by atoms with E-state index in [0.29, 0.717) is 6.29 Å². The second kappa shape index (κ2) is 2.40. The van der Waals surface area contributed by atoms with Crippen molar-refractivity contribution in [3.05, 3.63) is 0 Å². The lowest BCUT2D eigenvalue weighted by molar-refractivity contribution is -0.102. The molecule has 1 rings (SSSR count). The smallest absolute Gasteiger partial charge is 0.294 e. The van der Waals surface area contributed by atoms with Crippen LogP contribution in [0.1, 0.15) is 0 Å². The minimum absolute atomic E-state index is 0.211. The van der Waals surface area contributed by atoms with E-state index in [0.717, 1.165) is 0 Å². The number of nitrogens with one attached hydrogen (secondary N) is 2. The lowest BCUT2D eigenvalue weighted by atomic mass is 10.6. The number of azo groups is 1. The summed E-state index contributed by atoms with van der Waals surface area (Å²) in [5.74, 6) is -2.06. The molecule has 56 valence electrons. The molecule has 1 heterocycles. The van der Waals surface area contributed by atoms with E-state index in [1.165, 1.54) is 0 Å². The van der Waals surface area contributed by atoms with Gasteiger partial charge in [-0.3, -0.25) is 4.79 Å². The predicted molar refractivity (Wildman–Crippen MR) is 31.4 cm³/mol. The summed E-state index contributed by atoms with van der Waals surface area (Å²) in [7, 11) is 0. The maximum atomic E-state index is 10.0. The van der Waals surface area contributed by atoms with E-state index in [4.69, 9.17) is 11.1 Å². The Bertz CT molecular complexity index is 257. The van der Waals surface area contributed by atoms with E-state index in [9.17, 15) is 4.79 Å². The van der Waals surface area contributed by atoms with Crippen LogP contribution in [0.25, 0.3) is 0 Å². The van der Waals surface area contributed by atoms with Crippen molar-refractivity contribution in [1.82, 2.24) is 0 Å². The van der Waals surface area contributed by atoms with Gasteiger partial charge in [0.2, 0.25) is 5.84 Å². The first-order chi connectivity index (χ1) is 5.26. The minimum Gasteiger partial charge on any atom is -0.294 e. The molecule has 2 N–H and O–H groups in total. The van der Waals surface area contributed by atoms with Crippen LogP contribution in [0.15, 0.2) is 25.4 Å². The number of rotatable bonds is 3. The van der Waals surface area contributed by atoms with Gasteiger partial charge >= 0.3 is 5.91 Å². The largest absolute Gasteiger partial charge is 0.402 e. The van der Waals surface area contributed by atoms with Gasteiger partial charge in [0, 0.05) is 0 Å². The van der Waals surface area contributed by atoms with E-state index in [1.807, 2.05) is 0 Å². The van der Waals surface area contributed by atoms with Crippen molar-refractivity contribution in [2.75, 3.05) is 0 Å². The summed E-state index contributed by atoms with van der Waals surface area (Å²) in [5.41, 5.74) is 13.1. The molecule has 0 aliphatic carbocycles. The maximum absolute atomic E-state index is 10.0. The normalized spacial score (nSPS) is 27.8. The molecular formula is C3H3N7O. The number of aliphatic imine (C=N–C) groups is 1. The van der Waals surface area contributed by atoms with Crippen LogP contribution >= 0.6 is 0 Å². The molecule has 0 atom stereocenters. The van der Waals surface area contributed by atoms with Crippen molar-refractivity contribution in [3.63, 3.8) is 0 Å². The average molecular weight is 153 g/mol. The van der Waals surface area contributed by atoms with Crippen LogP contribution in [0.3, 0.4) is 0 Å². The van der Waals surface area contributed by atoms with Gasteiger partial charge in [-0.1, -0.05) is 0 Å². The van der Waals surface area contributed by atoms with Crippen LogP contribution in [0.4, 0.5) is 0 Å². The lowest BCUT2D eigenvalue weighted by Crippen LogP contribution is -2.12. The predicted octanol–water partition coefficient (Wildman–Crippen LogP) is 0.723. The molecule has 0 saturated carbocycles. The summed E-state index contributed by atoms with van der Waals surface area (Å²) in [6.07, 6.45) is 0.349. The van der Waals surface area contributed by atoms with Crippen LogP contribution in [-0.2, 0) is 4.79 Å². The number of hydrogen-bond donors (Lipinski definition) is 2. The lowest BCUT2D eigenvalue weighted by Gasteiger charge is -2.01. The monoisotopic (exact) mass is 153 g/mol. The van der Waals surface area contributed by atoms with Gasteiger partial charge in [0.25, 0.3) is 0 Å². The SMILES string of the molecule is N=NC1(N=N)N=NC(C=O)=N1. The van der Waals surface area contributed by atoms with Gasteiger partial charge in [-0.2, -0.15) is 4.99 Å². The number of aldehydes is 1. The standard InChI is InChI=1S/C3H3N7O/c4-8-3(9-5)6-2(1-11)7-10-3/h1,4-5H. The van der Waals surface area contributed by atoms with E-state index < -0.39 is 5.91 Å². The Hall–Kier alpha value is -1.86. The molecule has 0 fully saturated rings. The van der Waals surface area contributed by atoms with Crippen LogP contribution in [-0.4, -0.2) is 18.0 Å². The molecule has 0 radical (unpaired) electrons. The summed E-state index contributed by atoms with van der Waals surface area (Å²) in [6, 6.07) is 0. The van der Waals surface area contributed by atoms with Gasteiger partial charge in [0.15, 0.2) is 6.29 Å². The molecule has 0 aromatic heterocycles. The van der Waals surface area contributed by atoms with Gasteiger partial charge < -0.3 is 0 Å². The third kappa shape index (κ3) is 1.04. The molecule has 11 heavy (non-hydrogen) atoms. The summed E-state index contributed by atoms with van der Waals surface area (Å²) in [6.45, 7) is 0. The third-order valence-corrected chi connectivity index (χ3v) is 0.957. The summed E-state index contributed by atoms with van der Waals surface area (Å²) in [4.78, 5) is 13.4. The van der Waals surface area contributed by atoms with Crippen molar-refractivity contribution in [2.24, 2.45) is 25.4 Å². The van der Waals surface area contributed by atoms with Crippen molar-refractivity contribution < 1.29 is 4.79 Å². The first-order valence-corrected chi connectivity index (χ1v) is 2.51. The summed E-state index contributed by atoms with van der Waals surface area (Å²) >= 11 is 0. The van der Waals surface area contributed by atoms with Gasteiger partial charge in [-0.25, -0.2) is 11.1 Å². The highest BCUT2D eigenvalue weighted by molar-refractivity contribution is 6.27. The molecule has 0 saturated heterocycles. The molecule has 0 aromatic carbocycles. The second-order valence-corrected chi connectivity index (χ2v) is 1.61. The molecule has 1 aliphatic heterocycles. The van der Waals surface area contributed by atoms with Crippen LogP contribution in [0.5, 0.6) is 0 Å². The zero-order valence-electron chi connectivity index (χ0n) is 5.22. The first-order valence-electron chi connectivity index (χ1n) is 2.51. The second-order valence-electron chi connectivity index (χ2n) is 1.61. The molecule has 0 aromatic rings. The van der Waals surface area contributed by atoms with E-state index >= 15 is 0 Å². The first kappa shape index (κ1) is 7.25. The maximum Gasteiger partial charge on any atom is 0.402 e. The highest BCUT2D eigenvalue weighted by Gasteiger charge is 2.33. The van der Waals surface area contributed by atoms with E-state index in [2.05, 4.69) is 25.4 Å². The van der Waals surface area contributed by atoms with Crippen molar-refractivity contribution in [3.8, 4) is 0 Å². The van der Waals surface area contributed by atoms with Crippen LogP contribution in [0.2, 0.25) is 0 Å². The topological polar surface area (TPSA) is 127 Å². The summed E-state index contributed by atoms with van der Waals surface area (Å²) < 4.78 is 0. The zero-order valence-corrected chi connectivity index (χ0v) is 5.22. The summed E-state index contributed by atoms with van der Waals surface area (Å²) in [5, 5.41) is 12.1. The highest BCUT2D eigenvalue weighted by atomic mass is 16.1. The average Bonchev–Trinajstić information content (AvgIpc) is 2.49. The Morgan fingerprint density at radius 2 is 2.09 bits per heavy atom. The number of amidine groups is 1. The van der Waals surface area contributed by atoms with Crippen molar-refractivity contribution in [1.29, 1.82) is 11.1 Å². The Morgan fingerprint density at radius 1 is 1.45 bits per heavy atom.